The molecule has 0 aromatic carbocycles. The molecule has 2 saturated heterocycles. The fourth-order valence-electron chi connectivity index (χ4n) is 4.23. The zero-order chi connectivity index (χ0) is 19.8. The molecule has 1 aromatic rings. The molecule has 1 aromatic heterocycles. The van der Waals surface area contributed by atoms with Crippen LogP contribution in [0.1, 0.15) is 56.6 Å². The van der Waals surface area contributed by atoms with Crippen LogP contribution in [0.3, 0.4) is 0 Å². The minimum Gasteiger partial charge on any atom is -0.465 e. The Morgan fingerprint density at radius 1 is 1.28 bits per heavy atom. The Bertz CT molecular complexity index is 610. The quantitative estimate of drug-likeness (QED) is 0.320. The summed E-state index contributed by atoms with van der Waals surface area (Å²) < 4.78 is 11.5. The van der Waals surface area contributed by atoms with Crippen molar-refractivity contribution in [2.75, 3.05) is 53.0 Å². The summed E-state index contributed by atoms with van der Waals surface area (Å²) in [7, 11) is 2.16. The zero-order valence-electron chi connectivity index (χ0n) is 18.4. The molecule has 1 atom stereocenters. The molecule has 0 saturated carbocycles. The van der Waals surface area contributed by atoms with Gasteiger partial charge in [-0.05, 0) is 77.1 Å². The van der Waals surface area contributed by atoms with E-state index in [1.54, 1.807) is 0 Å². The van der Waals surface area contributed by atoms with Gasteiger partial charge >= 0.3 is 0 Å². The molecule has 2 aliphatic rings. The minimum absolute atomic E-state index is 0. The number of nitrogens with one attached hydrogen (secondary N) is 1. The third-order valence-electron chi connectivity index (χ3n) is 6.00. The maximum absolute atomic E-state index is 5.98. The van der Waals surface area contributed by atoms with Crippen LogP contribution in [0.15, 0.2) is 21.5 Å². The van der Waals surface area contributed by atoms with Gasteiger partial charge in [0.2, 0.25) is 0 Å². The molecule has 1 unspecified atom stereocenters. The van der Waals surface area contributed by atoms with E-state index in [-0.39, 0.29) is 30.0 Å². The summed E-state index contributed by atoms with van der Waals surface area (Å²) in [6.45, 7) is 10.9. The van der Waals surface area contributed by atoms with Gasteiger partial charge in [-0.25, -0.2) is 0 Å². The topological polar surface area (TPSA) is 53.2 Å². The number of nitrogens with zero attached hydrogens (tertiary/aromatic N) is 3. The van der Waals surface area contributed by atoms with Crippen molar-refractivity contribution < 1.29 is 9.15 Å². The van der Waals surface area contributed by atoms with Crippen LogP contribution in [0.5, 0.6) is 0 Å². The minimum atomic E-state index is 0. The van der Waals surface area contributed by atoms with Gasteiger partial charge in [-0.3, -0.25) is 9.89 Å². The van der Waals surface area contributed by atoms with Gasteiger partial charge in [-0.15, -0.1) is 24.0 Å². The number of rotatable bonds is 8. The summed E-state index contributed by atoms with van der Waals surface area (Å²) in [5.41, 5.74) is 0. The second-order valence-electron chi connectivity index (χ2n) is 8.17. The van der Waals surface area contributed by atoms with Gasteiger partial charge in [0.15, 0.2) is 5.96 Å². The predicted molar refractivity (Wildman–Crippen MR) is 129 cm³/mol. The van der Waals surface area contributed by atoms with Crippen molar-refractivity contribution in [3.05, 3.63) is 23.7 Å². The number of ether oxygens (including phenoxy) is 1. The van der Waals surface area contributed by atoms with Crippen LogP contribution in [-0.2, 0) is 4.74 Å². The van der Waals surface area contributed by atoms with Crippen molar-refractivity contribution in [2.24, 2.45) is 10.9 Å². The third kappa shape index (κ3) is 7.43. The van der Waals surface area contributed by atoms with Gasteiger partial charge in [0.1, 0.15) is 11.5 Å². The molecule has 29 heavy (non-hydrogen) atoms. The first-order valence-corrected chi connectivity index (χ1v) is 11.0. The summed E-state index contributed by atoms with van der Waals surface area (Å²) in [6, 6.07) is 4.41. The van der Waals surface area contributed by atoms with E-state index in [1.165, 1.54) is 32.1 Å². The zero-order valence-corrected chi connectivity index (χ0v) is 20.7. The van der Waals surface area contributed by atoms with E-state index in [0.29, 0.717) is 0 Å². The number of furan rings is 1. The van der Waals surface area contributed by atoms with Gasteiger partial charge < -0.3 is 19.4 Å². The molecule has 1 N–H and O–H groups in total. The molecule has 0 aliphatic carbocycles. The Morgan fingerprint density at radius 3 is 2.62 bits per heavy atom. The van der Waals surface area contributed by atoms with Crippen molar-refractivity contribution in [2.45, 2.75) is 52.0 Å². The molecule has 2 fully saturated rings. The summed E-state index contributed by atoms with van der Waals surface area (Å²) in [6.07, 6.45) is 6.12. The number of aliphatic imine (C=N–C) groups is 1. The van der Waals surface area contributed by atoms with Crippen molar-refractivity contribution in [1.29, 1.82) is 0 Å². The lowest BCUT2D eigenvalue weighted by Crippen LogP contribution is -2.41. The van der Waals surface area contributed by atoms with E-state index >= 15 is 0 Å². The third-order valence-corrected chi connectivity index (χ3v) is 6.00. The van der Waals surface area contributed by atoms with Crippen LogP contribution < -0.4 is 5.32 Å². The van der Waals surface area contributed by atoms with Gasteiger partial charge in [0, 0.05) is 33.4 Å². The number of guanidine groups is 1. The lowest BCUT2D eigenvalue weighted by molar-refractivity contribution is 0.0625. The van der Waals surface area contributed by atoms with Crippen molar-refractivity contribution in [3.8, 4) is 0 Å². The summed E-state index contributed by atoms with van der Waals surface area (Å²) >= 11 is 0. The molecule has 0 radical (unpaired) electrons. The van der Waals surface area contributed by atoms with Crippen LogP contribution in [-0.4, -0.2) is 68.7 Å². The molecule has 0 amide bonds. The SMILES string of the molecule is CCNC(=NCC(c1ccc(C)o1)N1CCCC1)N(C)CCC1CCOCC1.I. The second-order valence-corrected chi connectivity index (χ2v) is 8.17. The monoisotopic (exact) mass is 518 g/mol. The molecule has 2 aliphatic heterocycles. The smallest absolute Gasteiger partial charge is 0.193 e. The van der Waals surface area contributed by atoms with E-state index in [0.717, 1.165) is 69.3 Å². The first-order chi connectivity index (χ1) is 13.7. The normalized spacial score (nSPS) is 19.8. The fourth-order valence-corrected chi connectivity index (χ4v) is 4.23. The molecule has 3 heterocycles. The summed E-state index contributed by atoms with van der Waals surface area (Å²) in [5.74, 6) is 3.80. The molecule has 3 rings (SSSR count). The molecule has 0 bridgehead atoms. The largest absolute Gasteiger partial charge is 0.465 e. The number of halogens is 1. The highest BCUT2D eigenvalue weighted by atomic mass is 127. The van der Waals surface area contributed by atoms with Crippen LogP contribution in [0.25, 0.3) is 0 Å². The maximum atomic E-state index is 5.98. The Kier molecular flexibility index (Phi) is 10.8. The standard InChI is InChI=1S/C22H38N4O2.HI/c1-4-23-22(25(3)14-9-19-10-15-27-16-11-19)24-17-20(26-12-5-6-13-26)21-8-7-18(2)28-21;/h7-8,19-20H,4-6,9-17H2,1-3H3,(H,23,24);1H. The van der Waals surface area contributed by atoms with Gasteiger partial charge in [0.25, 0.3) is 0 Å². The second kappa shape index (κ2) is 12.8. The van der Waals surface area contributed by atoms with Crippen molar-refractivity contribution in [3.63, 3.8) is 0 Å². The average Bonchev–Trinajstić information content (AvgIpc) is 3.39. The fraction of sp³-hybridized carbons (Fsp3) is 0.773. The molecule has 0 spiro atoms. The van der Waals surface area contributed by atoms with Gasteiger partial charge in [0.05, 0.1) is 12.6 Å². The highest BCUT2D eigenvalue weighted by molar-refractivity contribution is 14.0. The van der Waals surface area contributed by atoms with Crippen molar-refractivity contribution in [1.82, 2.24) is 15.1 Å². The van der Waals surface area contributed by atoms with Gasteiger partial charge in [-0.2, -0.15) is 0 Å². The Balaban J connectivity index is 0.00000300. The predicted octanol–water partition coefficient (Wildman–Crippen LogP) is 4.06. The molecule has 6 nitrogen and oxygen atoms in total. The Morgan fingerprint density at radius 2 is 2.00 bits per heavy atom. The maximum Gasteiger partial charge on any atom is 0.193 e. The van der Waals surface area contributed by atoms with Crippen molar-refractivity contribution >= 4 is 29.9 Å². The summed E-state index contributed by atoms with van der Waals surface area (Å²) in [4.78, 5) is 9.82. The highest BCUT2D eigenvalue weighted by Crippen LogP contribution is 2.27. The van der Waals surface area contributed by atoms with E-state index in [9.17, 15) is 0 Å². The van der Waals surface area contributed by atoms with Crippen LogP contribution in [0, 0.1) is 12.8 Å². The van der Waals surface area contributed by atoms with Crippen LogP contribution in [0.2, 0.25) is 0 Å². The first-order valence-electron chi connectivity index (χ1n) is 11.0. The van der Waals surface area contributed by atoms with Crippen LogP contribution >= 0.6 is 24.0 Å². The van der Waals surface area contributed by atoms with E-state index in [2.05, 4.69) is 41.2 Å². The number of hydrogen-bond donors (Lipinski definition) is 1. The first kappa shape index (κ1) is 24.5. The van der Waals surface area contributed by atoms with E-state index in [4.69, 9.17) is 14.1 Å². The molecule has 7 heteroatoms. The number of hydrogen-bond acceptors (Lipinski definition) is 4. The molecular formula is C22H39IN4O2. The van der Waals surface area contributed by atoms with E-state index in [1.807, 2.05) is 6.92 Å². The molecule has 166 valence electrons. The summed E-state index contributed by atoms with van der Waals surface area (Å²) in [5, 5.41) is 3.47. The average molecular weight is 518 g/mol. The highest BCUT2D eigenvalue weighted by Gasteiger charge is 2.26. The Labute approximate surface area is 193 Å². The molecular weight excluding hydrogens is 479 g/mol. The lowest BCUT2D eigenvalue weighted by atomic mass is 9.96. The number of likely N-dealkylation sites (tertiary alicyclic amines) is 1. The lowest BCUT2D eigenvalue weighted by Gasteiger charge is -2.28. The number of aryl methyl sites for hydroxylation is 1. The van der Waals surface area contributed by atoms with Gasteiger partial charge in [-0.1, -0.05) is 0 Å². The van der Waals surface area contributed by atoms with E-state index < -0.39 is 0 Å². The van der Waals surface area contributed by atoms with Crippen LogP contribution in [0.4, 0.5) is 0 Å². The Hall–Kier alpha value is -0.800.